The van der Waals surface area contributed by atoms with Gasteiger partial charge in [-0.05, 0) is 50.6 Å². The predicted molar refractivity (Wildman–Crippen MR) is 69.6 cm³/mol. The van der Waals surface area contributed by atoms with Crippen LogP contribution in [0.3, 0.4) is 0 Å². The van der Waals surface area contributed by atoms with E-state index in [1.165, 1.54) is 32.4 Å². The Labute approximate surface area is 101 Å². The highest BCUT2D eigenvalue weighted by atomic mass is 15.2. The van der Waals surface area contributed by atoms with E-state index in [4.69, 9.17) is 0 Å². The number of nitrogens with one attached hydrogen (secondary N) is 1. The molecule has 2 fully saturated rings. The monoisotopic (exact) mass is 224 g/mol. The molecule has 2 aliphatic rings. The van der Waals surface area contributed by atoms with Crippen LogP contribution in [0.25, 0.3) is 0 Å². The summed E-state index contributed by atoms with van der Waals surface area (Å²) < 4.78 is 0. The fraction of sp³-hybridized carbons (Fsp3) is 1.00. The van der Waals surface area contributed by atoms with Crippen LogP contribution in [0, 0.1) is 11.3 Å². The lowest BCUT2D eigenvalue weighted by atomic mass is 9.86. The highest BCUT2D eigenvalue weighted by Crippen LogP contribution is 2.46. The quantitative estimate of drug-likeness (QED) is 0.789. The zero-order chi connectivity index (χ0) is 11.8. The van der Waals surface area contributed by atoms with Gasteiger partial charge in [0, 0.05) is 18.6 Å². The number of nitrogens with zero attached hydrogens (tertiary/aromatic N) is 1. The summed E-state index contributed by atoms with van der Waals surface area (Å²) in [5.41, 5.74) is 0.666. The van der Waals surface area contributed by atoms with Gasteiger partial charge < -0.3 is 5.32 Å². The van der Waals surface area contributed by atoms with Gasteiger partial charge in [0.1, 0.15) is 0 Å². The Morgan fingerprint density at radius 2 is 2.00 bits per heavy atom. The van der Waals surface area contributed by atoms with Crippen molar-refractivity contribution in [2.24, 2.45) is 11.3 Å². The molecule has 0 bridgehead atoms. The summed E-state index contributed by atoms with van der Waals surface area (Å²) in [5, 5.41) is 3.64. The zero-order valence-electron chi connectivity index (χ0n) is 11.4. The maximum absolute atomic E-state index is 3.64. The number of hydrogen-bond acceptors (Lipinski definition) is 2. The van der Waals surface area contributed by atoms with Crippen molar-refractivity contribution in [2.75, 3.05) is 19.6 Å². The Kier molecular flexibility index (Phi) is 3.60. The van der Waals surface area contributed by atoms with Crippen LogP contribution >= 0.6 is 0 Å². The van der Waals surface area contributed by atoms with Crippen LogP contribution < -0.4 is 5.32 Å². The molecule has 1 heterocycles. The SMILES string of the molecule is CCNC1CCN(CC2(C)CC2)C(C)C1C. The van der Waals surface area contributed by atoms with Crippen LogP contribution in [0.5, 0.6) is 0 Å². The molecule has 1 N–H and O–H groups in total. The van der Waals surface area contributed by atoms with Crippen molar-refractivity contribution in [2.45, 2.75) is 59.0 Å². The Morgan fingerprint density at radius 3 is 2.56 bits per heavy atom. The summed E-state index contributed by atoms with van der Waals surface area (Å²) >= 11 is 0. The van der Waals surface area contributed by atoms with Crippen LogP contribution in [0.2, 0.25) is 0 Å². The molecule has 0 aromatic carbocycles. The van der Waals surface area contributed by atoms with Crippen LogP contribution in [-0.2, 0) is 0 Å². The minimum Gasteiger partial charge on any atom is -0.314 e. The van der Waals surface area contributed by atoms with Gasteiger partial charge in [0.15, 0.2) is 0 Å². The van der Waals surface area contributed by atoms with Crippen LogP contribution in [0.15, 0.2) is 0 Å². The van der Waals surface area contributed by atoms with Gasteiger partial charge in [-0.15, -0.1) is 0 Å². The van der Waals surface area contributed by atoms with Crippen molar-refractivity contribution in [3.63, 3.8) is 0 Å². The third-order valence-corrected chi connectivity index (χ3v) is 4.85. The van der Waals surface area contributed by atoms with Gasteiger partial charge in [0.05, 0.1) is 0 Å². The Bertz CT molecular complexity index is 235. The topological polar surface area (TPSA) is 15.3 Å². The molecule has 2 nitrogen and oxygen atoms in total. The minimum absolute atomic E-state index is 0.666. The lowest BCUT2D eigenvalue weighted by Crippen LogP contribution is -2.54. The molecule has 94 valence electrons. The first kappa shape index (κ1) is 12.4. The molecule has 0 aromatic heterocycles. The first-order valence-electron chi connectivity index (χ1n) is 7.03. The summed E-state index contributed by atoms with van der Waals surface area (Å²) in [5.74, 6) is 0.788. The van der Waals surface area contributed by atoms with E-state index < -0.39 is 0 Å². The second kappa shape index (κ2) is 4.66. The average Bonchev–Trinajstić information content (AvgIpc) is 2.97. The van der Waals surface area contributed by atoms with Crippen molar-refractivity contribution >= 4 is 0 Å². The van der Waals surface area contributed by atoms with E-state index in [0.29, 0.717) is 5.41 Å². The van der Waals surface area contributed by atoms with E-state index in [1.54, 1.807) is 0 Å². The molecule has 3 atom stereocenters. The minimum atomic E-state index is 0.666. The fourth-order valence-electron chi connectivity index (χ4n) is 3.08. The Balaban J connectivity index is 1.88. The van der Waals surface area contributed by atoms with Crippen molar-refractivity contribution < 1.29 is 0 Å². The zero-order valence-corrected chi connectivity index (χ0v) is 11.4. The number of likely N-dealkylation sites (tertiary alicyclic amines) is 1. The molecule has 2 rings (SSSR count). The maximum Gasteiger partial charge on any atom is 0.0120 e. The summed E-state index contributed by atoms with van der Waals surface area (Å²) in [4.78, 5) is 2.73. The van der Waals surface area contributed by atoms with Crippen LogP contribution in [0.1, 0.15) is 47.0 Å². The van der Waals surface area contributed by atoms with Crippen molar-refractivity contribution in [3.8, 4) is 0 Å². The largest absolute Gasteiger partial charge is 0.314 e. The smallest absolute Gasteiger partial charge is 0.0120 e. The average molecular weight is 224 g/mol. The third kappa shape index (κ3) is 2.60. The van der Waals surface area contributed by atoms with E-state index >= 15 is 0 Å². The van der Waals surface area contributed by atoms with Crippen LogP contribution in [-0.4, -0.2) is 36.6 Å². The van der Waals surface area contributed by atoms with Crippen LogP contribution in [0.4, 0.5) is 0 Å². The van der Waals surface area contributed by atoms with E-state index in [9.17, 15) is 0 Å². The van der Waals surface area contributed by atoms with E-state index in [1.807, 2.05) is 0 Å². The number of rotatable bonds is 4. The lowest BCUT2D eigenvalue weighted by Gasteiger charge is -2.44. The highest BCUT2D eigenvalue weighted by molar-refractivity contribution is 4.96. The molecular formula is C14H28N2. The van der Waals surface area contributed by atoms with Gasteiger partial charge in [-0.2, -0.15) is 0 Å². The second-order valence-electron chi connectivity index (χ2n) is 6.33. The molecule has 2 heteroatoms. The summed E-state index contributed by atoms with van der Waals surface area (Å²) in [7, 11) is 0. The van der Waals surface area contributed by atoms with Gasteiger partial charge in [-0.1, -0.05) is 20.8 Å². The van der Waals surface area contributed by atoms with E-state index in [0.717, 1.165) is 24.5 Å². The first-order chi connectivity index (χ1) is 7.56. The second-order valence-corrected chi connectivity index (χ2v) is 6.33. The molecule has 0 spiro atoms. The molecule has 3 unspecified atom stereocenters. The molecule has 1 aliphatic heterocycles. The van der Waals surface area contributed by atoms with Gasteiger partial charge in [0.25, 0.3) is 0 Å². The van der Waals surface area contributed by atoms with Gasteiger partial charge in [-0.3, -0.25) is 4.90 Å². The fourth-order valence-corrected chi connectivity index (χ4v) is 3.08. The lowest BCUT2D eigenvalue weighted by molar-refractivity contribution is 0.0692. The highest BCUT2D eigenvalue weighted by Gasteiger charge is 2.42. The molecule has 1 saturated heterocycles. The molecule has 1 aliphatic carbocycles. The van der Waals surface area contributed by atoms with E-state index in [-0.39, 0.29) is 0 Å². The van der Waals surface area contributed by atoms with Gasteiger partial charge >= 0.3 is 0 Å². The normalized spacial score (nSPS) is 38.6. The molecular weight excluding hydrogens is 196 g/mol. The Morgan fingerprint density at radius 1 is 1.31 bits per heavy atom. The predicted octanol–water partition coefficient (Wildman–Crippen LogP) is 2.49. The van der Waals surface area contributed by atoms with Crippen molar-refractivity contribution in [3.05, 3.63) is 0 Å². The third-order valence-electron chi connectivity index (χ3n) is 4.85. The first-order valence-corrected chi connectivity index (χ1v) is 7.03. The number of hydrogen-bond donors (Lipinski definition) is 1. The summed E-state index contributed by atoms with van der Waals surface area (Å²) in [6, 6.07) is 1.48. The maximum atomic E-state index is 3.64. The number of piperidine rings is 1. The van der Waals surface area contributed by atoms with Gasteiger partial charge in [0.2, 0.25) is 0 Å². The van der Waals surface area contributed by atoms with Crippen molar-refractivity contribution in [1.29, 1.82) is 0 Å². The molecule has 0 amide bonds. The van der Waals surface area contributed by atoms with E-state index in [2.05, 4.69) is 37.9 Å². The molecule has 1 saturated carbocycles. The molecule has 0 radical (unpaired) electrons. The van der Waals surface area contributed by atoms with Crippen molar-refractivity contribution in [1.82, 2.24) is 10.2 Å². The summed E-state index contributed by atoms with van der Waals surface area (Å²) in [6.45, 7) is 13.2. The standard InChI is InChI=1S/C14H28N2/c1-5-15-13-6-9-16(12(3)11(13)2)10-14(4)7-8-14/h11-13,15H,5-10H2,1-4H3. The molecule has 16 heavy (non-hydrogen) atoms. The molecule has 0 aromatic rings. The summed E-state index contributed by atoms with van der Waals surface area (Å²) in [6.07, 6.45) is 4.22. The Hall–Kier alpha value is -0.0800. The van der Waals surface area contributed by atoms with Gasteiger partial charge in [-0.25, -0.2) is 0 Å².